The number of carboxylic acid groups (broad SMARTS) is 1. The largest absolute Gasteiger partial charge is 0.478 e. The lowest BCUT2D eigenvalue weighted by Gasteiger charge is -2.28. The van der Waals surface area contributed by atoms with Crippen molar-refractivity contribution in [3.63, 3.8) is 0 Å². The molecule has 3 aromatic carbocycles. The number of benzene rings is 3. The van der Waals surface area contributed by atoms with Crippen LogP contribution in [0.4, 0.5) is 11.4 Å². The molecule has 0 amide bonds. The normalized spacial score (nSPS) is 18.2. The van der Waals surface area contributed by atoms with Crippen LogP contribution in [-0.2, 0) is 45.9 Å². The van der Waals surface area contributed by atoms with E-state index in [2.05, 4.69) is 9.48 Å². The predicted molar refractivity (Wildman–Crippen MR) is 249 cm³/mol. The van der Waals surface area contributed by atoms with Crippen molar-refractivity contribution in [2.75, 3.05) is 36.6 Å². The second-order valence-corrected chi connectivity index (χ2v) is 22.4. The lowest BCUT2D eigenvalue weighted by molar-refractivity contribution is -0.440. The van der Waals surface area contributed by atoms with Crippen molar-refractivity contribution in [2.45, 2.75) is 101 Å². The van der Waals surface area contributed by atoms with Crippen molar-refractivity contribution in [1.82, 2.24) is 0 Å². The van der Waals surface area contributed by atoms with Gasteiger partial charge in [0.2, 0.25) is 5.69 Å². The summed E-state index contributed by atoms with van der Waals surface area (Å²) in [7, 11) is -11.5. The number of ether oxygens (including phenoxy) is 2. The zero-order valence-corrected chi connectivity index (χ0v) is 40.1. The Morgan fingerprint density at radius 3 is 2.02 bits per heavy atom. The van der Waals surface area contributed by atoms with E-state index in [0.717, 1.165) is 51.5 Å². The number of carbonyl (C=O) groups excluding carboxylic acids is 1. The average molecular weight is 970 g/mol. The van der Waals surface area contributed by atoms with Crippen LogP contribution in [0.3, 0.4) is 0 Å². The Balaban J connectivity index is 1.43. The van der Waals surface area contributed by atoms with Crippen LogP contribution in [0.25, 0.3) is 0 Å². The van der Waals surface area contributed by atoms with Gasteiger partial charge in [0.05, 0.1) is 40.1 Å². The lowest BCUT2D eigenvalue weighted by atomic mass is 9.78. The molecule has 0 spiro atoms. The van der Waals surface area contributed by atoms with Gasteiger partial charge in [0.15, 0.2) is 5.71 Å². The molecular formula is C47H57N2O14S3+. The van der Waals surface area contributed by atoms with Gasteiger partial charge in [-0.1, -0.05) is 19.9 Å². The topological polar surface area (TPSA) is 242 Å². The number of carbonyl (C=O) groups is 2. The Labute approximate surface area is 386 Å². The molecule has 3 aromatic rings. The second-order valence-electron chi connectivity index (χ2n) is 17.8. The quantitative estimate of drug-likeness (QED) is 0.0385. The molecule has 356 valence electrons. The number of hydrogen-bond donors (Lipinski definition) is 4. The summed E-state index contributed by atoms with van der Waals surface area (Å²) in [6, 6.07) is 15.7. The molecule has 2 heterocycles. The van der Waals surface area contributed by atoms with Crippen LogP contribution in [0.2, 0.25) is 0 Å². The third kappa shape index (κ3) is 11.5. The first-order valence-corrected chi connectivity index (χ1v) is 26.3. The van der Waals surface area contributed by atoms with Gasteiger partial charge in [-0.3, -0.25) is 13.7 Å². The molecule has 3 aliphatic rings. The van der Waals surface area contributed by atoms with Crippen molar-refractivity contribution >= 4 is 59.4 Å². The van der Waals surface area contributed by atoms with Gasteiger partial charge in [-0.15, -0.1) is 0 Å². The smallest absolute Gasteiger partial charge is 0.337 e. The zero-order valence-electron chi connectivity index (χ0n) is 37.6. The number of methoxy groups -OCH3 is 1. The molecule has 0 saturated heterocycles. The number of nitrogens with zero attached hydrogens (tertiary/aromatic N) is 2. The molecule has 0 radical (unpaired) electrons. The minimum atomic E-state index is -4.48. The fourth-order valence-corrected chi connectivity index (χ4v) is 10.9. The Hall–Kier alpha value is -5.18. The first-order chi connectivity index (χ1) is 30.8. The predicted octanol–water partition coefficient (Wildman–Crippen LogP) is 8.04. The second kappa shape index (κ2) is 19.6. The van der Waals surface area contributed by atoms with Crippen LogP contribution in [-0.4, -0.2) is 97.9 Å². The number of aromatic carboxylic acids is 1. The van der Waals surface area contributed by atoms with Gasteiger partial charge in [0.1, 0.15) is 18.1 Å². The summed E-state index contributed by atoms with van der Waals surface area (Å²) >= 11 is 0. The van der Waals surface area contributed by atoms with Crippen LogP contribution < -0.4 is 9.64 Å². The summed E-state index contributed by atoms with van der Waals surface area (Å²) in [5.41, 5.74) is 6.17. The summed E-state index contributed by atoms with van der Waals surface area (Å²) in [6.07, 6.45) is 8.26. The van der Waals surface area contributed by atoms with Gasteiger partial charge in [0, 0.05) is 47.8 Å². The Morgan fingerprint density at radius 1 is 0.758 bits per heavy atom. The number of rotatable bonds is 19. The highest BCUT2D eigenvalue weighted by Gasteiger charge is 2.46. The highest BCUT2D eigenvalue weighted by Crippen LogP contribution is 2.49. The van der Waals surface area contributed by atoms with Crippen LogP contribution in [0, 0.1) is 0 Å². The summed E-state index contributed by atoms with van der Waals surface area (Å²) in [5, 5.41) is 9.87. The SMILES string of the molecule is COC(=O)c1ccc2c(c1)C(C)(C)/C(=C\C=C1/CCCC(CCC3=[N+](CCCCS(=O)(=O)O)c4ccc(C(=O)O)cc4C3(C)C)=C1Oc1ccc(S(=O)(=O)O)cc1)N2CCCCS(=O)(=O)O. The number of fused-ring (bicyclic) bond motifs is 2. The van der Waals surface area contributed by atoms with Crippen molar-refractivity contribution in [3.8, 4) is 5.75 Å². The first kappa shape index (κ1) is 50.2. The maximum Gasteiger partial charge on any atom is 0.337 e. The Morgan fingerprint density at radius 2 is 1.39 bits per heavy atom. The van der Waals surface area contributed by atoms with Crippen molar-refractivity contribution in [2.24, 2.45) is 0 Å². The number of anilines is 1. The van der Waals surface area contributed by atoms with E-state index >= 15 is 0 Å². The minimum absolute atomic E-state index is 0.137. The maximum atomic E-state index is 12.6. The van der Waals surface area contributed by atoms with Gasteiger partial charge >= 0.3 is 11.9 Å². The Bertz CT molecular complexity index is 2880. The highest BCUT2D eigenvalue weighted by atomic mass is 32.2. The molecule has 19 heteroatoms. The molecule has 1 aliphatic carbocycles. The number of unbranched alkanes of at least 4 members (excludes halogenated alkanes) is 2. The van der Waals surface area contributed by atoms with Crippen molar-refractivity contribution in [3.05, 3.63) is 118 Å². The number of carboxylic acids is 1. The summed E-state index contributed by atoms with van der Waals surface area (Å²) in [4.78, 5) is 26.5. The number of hydrogen-bond acceptors (Lipinski definition) is 11. The molecule has 4 N–H and O–H groups in total. The molecular weight excluding hydrogens is 913 g/mol. The molecule has 66 heavy (non-hydrogen) atoms. The molecule has 6 rings (SSSR count). The monoisotopic (exact) mass is 969 g/mol. The van der Waals surface area contributed by atoms with Gasteiger partial charge in [-0.2, -0.15) is 29.8 Å². The third-order valence-corrected chi connectivity index (χ3v) is 15.1. The zero-order chi connectivity index (χ0) is 48.4. The van der Waals surface area contributed by atoms with E-state index in [1.165, 1.54) is 31.4 Å². The van der Waals surface area contributed by atoms with E-state index < -0.39 is 64.6 Å². The Kier molecular flexibility index (Phi) is 14.9. The van der Waals surface area contributed by atoms with Crippen molar-refractivity contribution < 1.29 is 67.7 Å². The van der Waals surface area contributed by atoms with Gasteiger partial charge < -0.3 is 19.5 Å². The van der Waals surface area contributed by atoms with Crippen LogP contribution >= 0.6 is 0 Å². The van der Waals surface area contributed by atoms with Crippen LogP contribution in [0.15, 0.2) is 100 Å². The molecule has 0 saturated carbocycles. The first-order valence-electron chi connectivity index (χ1n) is 21.6. The maximum absolute atomic E-state index is 12.6. The van der Waals surface area contributed by atoms with Gasteiger partial charge in [-0.05, 0) is 136 Å². The summed E-state index contributed by atoms with van der Waals surface area (Å²) in [6.45, 7) is 8.92. The fraction of sp³-hybridized carbons (Fsp3) is 0.426. The van der Waals surface area contributed by atoms with E-state index in [-0.39, 0.29) is 23.3 Å². The van der Waals surface area contributed by atoms with Crippen molar-refractivity contribution in [1.29, 1.82) is 0 Å². The van der Waals surface area contributed by atoms with Gasteiger partial charge in [0.25, 0.3) is 30.4 Å². The van der Waals surface area contributed by atoms with E-state index in [0.29, 0.717) is 68.7 Å². The van der Waals surface area contributed by atoms with Gasteiger partial charge in [-0.25, -0.2) is 9.59 Å². The molecule has 0 fully saturated rings. The van der Waals surface area contributed by atoms with E-state index in [1.54, 1.807) is 30.3 Å². The number of allylic oxidation sites excluding steroid dienone is 5. The minimum Gasteiger partial charge on any atom is -0.478 e. The fourth-order valence-electron chi connectivity index (χ4n) is 9.24. The summed E-state index contributed by atoms with van der Waals surface area (Å²) < 4.78 is 112. The standard InChI is InChI=1S/C47H56N2O14S3/c1-46(2)37-29-33(44(50)51)13-21-39(37)48(25-6-8-27-64(53,54)55)41(46)23-15-31-11-10-12-32(43(31)63-35-17-19-36(20-18-35)66(59,60)61)16-24-42-47(3,4)38-30-34(45(52)62-5)14-22-40(38)49(42)26-7-9-28-65(56,57)58/h13-14,16-22,24,29-30H,6-12,15,23,25-28H2,1-5H3,(H3-,50,51,53,54,55,56,57,58,59,60,61)/p+1/b32-16+,42-24+. The molecule has 0 unspecified atom stereocenters. The van der Waals surface area contributed by atoms with E-state index in [1.807, 2.05) is 45.9 Å². The lowest BCUT2D eigenvalue weighted by Crippen LogP contribution is -2.30. The van der Waals surface area contributed by atoms with Crippen LogP contribution in [0.1, 0.15) is 117 Å². The number of esters is 1. The molecule has 0 bridgehead atoms. The molecule has 0 atom stereocenters. The molecule has 16 nitrogen and oxygen atoms in total. The molecule has 0 aromatic heterocycles. The highest BCUT2D eigenvalue weighted by molar-refractivity contribution is 7.86. The van der Waals surface area contributed by atoms with Crippen LogP contribution in [0.5, 0.6) is 5.75 Å². The third-order valence-electron chi connectivity index (χ3n) is 12.6. The average Bonchev–Trinajstić information content (AvgIpc) is 3.58. The van der Waals surface area contributed by atoms with E-state index in [4.69, 9.17) is 9.47 Å². The molecule has 2 aliphatic heterocycles. The summed E-state index contributed by atoms with van der Waals surface area (Å²) in [5.74, 6) is -1.45. The van der Waals surface area contributed by atoms with E-state index in [9.17, 15) is 53.6 Å².